The second kappa shape index (κ2) is 7.68. The smallest absolute Gasteiger partial charge is 0.253 e. The fourth-order valence-corrected chi connectivity index (χ4v) is 3.57. The van der Waals surface area contributed by atoms with Gasteiger partial charge >= 0.3 is 0 Å². The summed E-state index contributed by atoms with van der Waals surface area (Å²) in [6, 6.07) is 15.5. The molecule has 2 heterocycles. The topological polar surface area (TPSA) is 92.1 Å². The molecule has 0 aliphatic carbocycles. The van der Waals surface area contributed by atoms with Gasteiger partial charge in [-0.25, -0.2) is 0 Å². The number of nitrogens with zero attached hydrogens (tertiary/aromatic N) is 2. The molecule has 1 fully saturated rings. The Hall–Kier alpha value is -3.41. The first-order valence-electron chi connectivity index (χ1n) is 9.41. The number of benzene rings is 2. The number of fused-ring (bicyclic) bond motifs is 1. The van der Waals surface area contributed by atoms with Crippen LogP contribution < -0.4 is 5.73 Å². The van der Waals surface area contributed by atoms with Gasteiger partial charge in [0, 0.05) is 30.0 Å². The lowest BCUT2D eigenvalue weighted by atomic mass is 9.96. The van der Waals surface area contributed by atoms with E-state index in [0.29, 0.717) is 31.5 Å². The molecule has 1 aromatic heterocycles. The summed E-state index contributed by atoms with van der Waals surface area (Å²) in [5.41, 5.74) is 8.89. The lowest BCUT2D eigenvalue weighted by molar-refractivity contribution is -0.123. The Kier molecular flexibility index (Phi) is 4.93. The molecule has 0 unspecified atom stereocenters. The molecular weight excluding hydrogens is 352 g/mol. The number of hydrogen-bond acceptors (Lipinski definition) is 3. The Morgan fingerprint density at radius 1 is 1.04 bits per heavy atom. The van der Waals surface area contributed by atoms with Crippen LogP contribution in [0, 0.1) is 5.92 Å². The number of H-pyrrole nitrogens is 1. The number of amides is 2. The van der Waals surface area contributed by atoms with Gasteiger partial charge in [-0.15, -0.1) is 0 Å². The SMILES string of the molecule is NC(=O)C1CCN(C(=O)c2ccc(C=Cc3n[nH]c4ccccc34)cc2)CC1. The van der Waals surface area contributed by atoms with Gasteiger partial charge in [0.15, 0.2) is 0 Å². The lowest BCUT2D eigenvalue weighted by Gasteiger charge is -2.30. The van der Waals surface area contributed by atoms with Crippen molar-refractivity contribution in [3.8, 4) is 0 Å². The molecule has 2 aromatic carbocycles. The predicted molar refractivity (Wildman–Crippen MR) is 109 cm³/mol. The van der Waals surface area contributed by atoms with Gasteiger partial charge in [-0.1, -0.05) is 36.4 Å². The summed E-state index contributed by atoms with van der Waals surface area (Å²) in [7, 11) is 0. The molecule has 0 atom stereocenters. The first kappa shape index (κ1) is 18.0. The maximum Gasteiger partial charge on any atom is 0.253 e. The van der Waals surface area contributed by atoms with Gasteiger partial charge in [0.05, 0.1) is 11.2 Å². The summed E-state index contributed by atoms with van der Waals surface area (Å²) < 4.78 is 0. The minimum Gasteiger partial charge on any atom is -0.369 e. The van der Waals surface area contributed by atoms with Crippen LogP contribution >= 0.6 is 0 Å². The Morgan fingerprint density at radius 3 is 2.46 bits per heavy atom. The molecule has 0 radical (unpaired) electrons. The summed E-state index contributed by atoms with van der Waals surface area (Å²) in [4.78, 5) is 25.7. The van der Waals surface area contributed by atoms with E-state index in [1.807, 2.05) is 60.7 Å². The van der Waals surface area contributed by atoms with Gasteiger partial charge in [-0.3, -0.25) is 14.7 Å². The van der Waals surface area contributed by atoms with Crippen molar-refractivity contribution in [3.05, 3.63) is 65.4 Å². The summed E-state index contributed by atoms with van der Waals surface area (Å²) in [5.74, 6) is -0.389. The van der Waals surface area contributed by atoms with Gasteiger partial charge in [0.25, 0.3) is 5.91 Å². The third kappa shape index (κ3) is 3.67. The van der Waals surface area contributed by atoms with E-state index in [2.05, 4.69) is 10.2 Å². The van der Waals surface area contributed by atoms with Crippen molar-refractivity contribution in [2.45, 2.75) is 12.8 Å². The molecule has 2 amide bonds. The van der Waals surface area contributed by atoms with Gasteiger partial charge in [0.1, 0.15) is 0 Å². The lowest BCUT2D eigenvalue weighted by Crippen LogP contribution is -2.41. The van der Waals surface area contributed by atoms with Crippen molar-refractivity contribution in [2.24, 2.45) is 11.7 Å². The van der Waals surface area contributed by atoms with E-state index in [9.17, 15) is 9.59 Å². The van der Waals surface area contributed by atoms with Crippen LogP contribution in [-0.2, 0) is 4.79 Å². The Labute approximate surface area is 163 Å². The average molecular weight is 374 g/mol. The standard InChI is InChI=1S/C22H22N4O2/c23-21(27)16-11-13-26(14-12-16)22(28)17-8-5-15(6-9-17)7-10-20-18-3-1-2-4-19(18)24-25-20/h1-10,16H,11-14H2,(H2,23,27)(H,24,25). The highest BCUT2D eigenvalue weighted by atomic mass is 16.2. The number of rotatable bonds is 4. The molecule has 142 valence electrons. The zero-order valence-electron chi connectivity index (χ0n) is 15.5. The average Bonchev–Trinajstić information content (AvgIpc) is 3.15. The number of piperidine rings is 1. The largest absolute Gasteiger partial charge is 0.369 e. The van der Waals surface area contributed by atoms with Gasteiger partial charge in [-0.2, -0.15) is 5.10 Å². The molecule has 0 spiro atoms. The van der Waals surface area contributed by atoms with E-state index < -0.39 is 0 Å². The Bertz CT molecular complexity index is 1030. The highest BCUT2D eigenvalue weighted by Gasteiger charge is 2.26. The van der Waals surface area contributed by atoms with Crippen LogP contribution in [-0.4, -0.2) is 40.0 Å². The minimum absolute atomic E-state index is 0.00301. The van der Waals surface area contributed by atoms with Crippen molar-refractivity contribution < 1.29 is 9.59 Å². The van der Waals surface area contributed by atoms with Crippen molar-refractivity contribution in [2.75, 3.05) is 13.1 Å². The Morgan fingerprint density at radius 2 is 1.75 bits per heavy atom. The molecule has 1 aliphatic rings. The molecule has 4 rings (SSSR count). The highest BCUT2D eigenvalue weighted by Crippen LogP contribution is 2.20. The summed E-state index contributed by atoms with van der Waals surface area (Å²) in [6.45, 7) is 1.14. The number of para-hydroxylation sites is 1. The van der Waals surface area contributed by atoms with Crippen LogP contribution in [0.5, 0.6) is 0 Å². The maximum atomic E-state index is 12.7. The highest BCUT2D eigenvalue weighted by molar-refractivity contribution is 5.95. The molecule has 0 bridgehead atoms. The quantitative estimate of drug-likeness (QED) is 0.735. The molecule has 28 heavy (non-hydrogen) atoms. The van der Waals surface area contributed by atoms with Crippen LogP contribution in [0.3, 0.4) is 0 Å². The maximum absolute atomic E-state index is 12.7. The van der Waals surface area contributed by atoms with Gasteiger partial charge in [-0.05, 0) is 42.7 Å². The number of nitrogens with two attached hydrogens (primary N) is 1. The van der Waals surface area contributed by atoms with E-state index >= 15 is 0 Å². The first-order chi connectivity index (χ1) is 13.6. The molecule has 6 nitrogen and oxygen atoms in total. The normalized spacial score (nSPS) is 15.4. The number of primary amides is 1. The van der Waals surface area contributed by atoms with Gasteiger partial charge in [0.2, 0.25) is 5.91 Å². The minimum atomic E-state index is -0.270. The van der Waals surface area contributed by atoms with E-state index in [1.54, 1.807) is 4.90 Å². The van der Waals surface area contributed by atoms with E-state index in [4.69, 9.17) is 5.73 Å². The van der Waals surface area contributed by atoms with Crippen LogP contribution in [0.1, 0.15) is 34.5 Å². The summed E-state index contributed by atoms with van der Waals surface area (Å²) in [5, 5.41) is 8.42. The summed E-state index contributed by atoms with van der Waals surface area (Å²) >= 11 is 0. The number of nitrogens with one attached hydrogen (secondary N) is 1. The number of likely N-dealkylation sites (tertiary alicyclic amines) is 1. The molecule has 6 heteroatoms. The van der Waals surface area contributed by atoms with Crippen LogP contribution in [0.25, 0.3) is 23.1 Å². The third-order valence-electron chi connectivity index (χ3n) is 5.28. The zero-order valence-corrected chi connectivity index (χ0v) is 15.5. The number of aromatic amines is 1. The van der Waals surface area contributed by atoms with Crippen molar-refractivity contribution in [3.63, 3.8) is 0 Å². The molecule has 3 aromatic rings. The molecule has 1 saturated heterocycles. The molecular formula is C22H22N4O2. The number of carbonyl (C=O) groups is 2. The van der Waals surface area contributed by atoms with Crippen LogP contribution in [0.15, 0.2) is 48.5 Å². The molecule has 3 N–H and O–H groups in total. The third-order valence-corrected chi connectivity index (χ3v) is 5.28. The van der Waals surface area contributed by atoms with E-state index in [0.717, 1.165) is 22.2 Å². The van der Waals surface area contributed by atoms with Crippen molar-refractivity contribution in [1.29, 1.82) is 0 Å². The van der Waals surface area contributed by atoms with Gasteiger partial charge < -0.3 is 10.6 Å². The predicted octanol–water partition coefficient (Wildman–Crippen LogP) is 3.07. The van der Waals surface area contributed by atoms with E-state index in [-0.39, 0.29) is 17.7 Å². The van der Waals surface area contributed by atoms with Crippen LogP contribution in [0.4, 0.5) is 0 Å². The van der Waals surface area contributed by atoms with Crippen molar-refractivity contribution >= 4 is 34.9 Å². The number of hydrogen-bond donors (Lipinski definition) is 2. The second-order valence-corrected chi connectivity index (χ2v) is 7.08. The first-order valence-corrected chi connectivity index (χ1v) is 9.41. The van der Waals surface area contributed by atoms with E-state index in [1.165, 1.54) is 0 Å². The number of aromatic nitrogens is 2. The number of carbonyl (C=O) groups excluding carboxylic acids is 2. The monoisotopic (exact) mass is 374 g/mol. The molecule has 0 saturated carbocycles. The second-order valence-electron chi connectivity index (χ2n) is 7.08. The van der Waals surface area contributed by atoms with Crippen LogP contribution in [0.2, 0.25) is 0 Å². The van der Waals surface area contributed by atoms with Crippen molar-refractivity contribution in [1.82, 2.24) is 15.1 Å². The zero-order chi connectivity index (χ0) is 19.5. The fourth-order valence-electron chi connectivity index (χ4n) is 3.57. The molecule has 1 aliphatic heterocycles. The Balaban J connectivity index is 1.42. The summed E-state index contributed by atoms with van der Waals surface area (Å²) in [6.07, 6.45) is 5.22. The fraction of sp³-hybridized carbons (Fsp3) is 0.227.